The molecule has 2 heterocycles. The Morgan fingerprint density at radius 1 is 1.17 bits per heavy atom. The summed E-state index contributed by atoms with van der Waals surface area (Å²) in [5.41, 5.74) is 4.36. The molecule has 1 saturated heterocycles. The monoisotopic (exact) mass is 408 g/mol. The van der Waals surface area contributed by atoms with Gasteiger partial charge in [-0.15, -0.1) is 0 Å². The van der Waals surface area contributed by atoms with Gasteiger partial charge in [0.1, 0.15) is 11.9 Å². The van der Waals surface area contributed by atoms with Crippen LogP contribution in [0.1, 0.15) is 66.4 Å². The summed E-state index contributed by atoms with van der Waals surface area (Å²) in [6.07, 6.45) is 0.675. The first-order valence-electron chi connectivity index (χ1n) is 10.7. The van der Waals surface area contributed by atoms with Crippen LogP contribution in [0.5, 0.6) is 0 Å². The summed E-state index contributed by atoms with van der Waals surface area (Å²) >= 11 is 0. The molecule has 2 atom stereocenters. The minimum absolute atomic E-state index is 0.305. The van der Waals surface area contributed by atoms with Crippen molar-refractivity contribution in [3.05, 3.63) is 70.7 Å². The lowest BCUT2D eigenvalue weighted by atomic mass is 9.96. The van der Waals surface area contributed by atoms with Crippen LogP contribution >= 0.6 is 0 Å². The molecule has 1 unspecified atom stereocenters. The van der Waals surface area contributed by atoms with Crippen molar-refractivity contribution in [2.75, 3.05) is 13.1 Å². The van der Waals surface area contributed by atoms with Gasteiger partial charge in [0.25, 0.3) is 0 Å². The summed E-state index contributed by atoms with van der Waals surface area (Å²) in [7, 11) is 0. The van der Waals surface area contributed by atoms with Gasteiger partial charge in [-0.25, -0.2) is 9.18 Å². The highest BCUT2D eigenvalue weighted by Gasteiger charge is 2.27. The Labute approximate surface area is 177 Å². The van der Waals surface area contributed by atoms with Gasteiger partial charge in [-0.2, -0.15) is 0 Å². The second-order valence-electron chi connectivity index (χ2n) is 8.60. The van der Waals surface area contributed by atoms with E-state index >= 15 is 0 Å². The van der Waals surface area contributed by atoms with Crippen molar-refractivity contribution in [3.8, 4) is 0 Å². The Bertz CT molecular complexity index is 1050. The number of halogens is 1. The number of carbonyl (C=O) groups excluding carboxylic acids is 1. The molecule has 3 aromatic rings. The Hall–Kier alpha value is -2.66. The van der Waals surface area contributed by atoms with Crippen LogP contribution in [0.4, 0.5) is 4.39 Å². The third-order valence-corrected chi connectivity index (χ3v) is 6.26. The van der Waals surface area contributed by atoms with Gasteiger partial charge in [0.05, 0.1) is 5.56 Å². The van der Waals surface area contributed by atoms with E-state index in [1.807, 2.05) is 6.92 Å². The number of hydrogen-bond donors (Lipinski definition) is 1. The smallest absolute Gasteiger partial charge is 0.341 e. The SMILES string of the molecule is Cc1[nH]c2ccc(C3CCN(C(C)C)C3)cc2c1C(=O)O[C@@H](C)c1ccc(F)cc1. The molecule has 158 valence electrons. The van der Waals surface area contributed by atoms with E-state index in [0.29, 0.717) is 17.5 Å². The van der Waals surface area contributed by atoms with E-state index in [4.69, 9.17) is 4.74 Å². The highest BCUT2D eigenvalue weighted by atomic mass is 19.1. The fourth-order valence-electron chi connectivity index (χ4n) is 4.41. The van der Waals surface area contributed by atoms with Crippen LogP contribution in [0, 0.1) is 12.7 Å². The lowest BCUT2D eigenvalue weighted by molar-refractivity contribution is 0.0339. The van der Waals surface area contributed by atoms with Gasteiger partial charge in [0.2, 0.25) is 0 Å². The van der Waals surface area contributed by atoms with E-state index in [9.17, 15) is 9.18 Å². The van der Waals surface area contributed by atoms with Crippen LogP contribution in [0.2, 0.25) is 0 Å². The van der Waals surface area contributed by atoms with Gasteiger partial charge in [0, 0.05) is 29.2 Å². The maximum Gasteiger partial charge on any atom is 0.341 e. The number of ether oxygens (including phenoxy) is 1. The molecule has 1 aliphatic rings. The molecule has 30 heavy (non-hydrogen) atoms. The zero-order valence-electron chi connectivity index (χ0n) is 18.0. The predicted molar refractivity (Wildman–Crippen MR) is 117 cm³/mol. The topological polar surface area (TPSA) is 45.3 Å². The second kappa shape index (κ2) is 8.23. The molecule has 0 spiro atoms. The predicted octanol–water partition coefficient (Wildman–Crippen LogP) is 5.73. The van der Waals surface area contributed by atoms with E-state index in [1.54, 1.807) is 19.1 Å². The van der Waals surface area contributed by atoms with E-state index in [-0.39, 0.29) is 11.8 Å². The van der Waals surface area contributed by atoms with Gasteiger partial charge in [0.15, 0.2) is 0 Å². The number of esters is 1. The Kier molecular flexibility index (Phi) is 5.65. The zero-order valence-corrected chi connectivity index (χ0v) is 18.0. The summed E-state index contributed by atoms with van der Waals surface area (Å²) in [6.45, 7) is 10.3. The molecule has 5 heteroatoms. The van der Waals surface area contributed by atoms with E-state index in [0.717, 1.165) is 41.7 Å². The lowest BCUT2D eigenvalue weighted by Gasteiger charge is -2.20. The Morgan fingerprint density at radius 3 is 2.57 bits per heavy atom. The number of carbonyl (C=O) groups is 1. The van der Waals surface area contributed by atoms with Gasteiger partial charge in [-0.1, -0.05) is 18.2 Å². The largest absolute Gasteiger partial charge is 0.454 e. The number of fused-ring (bicyclic) bond motifs is 1. The Morgan fingerprint density at radius 2 is 1.90 bits per heavy atom. The number of H-pyrrole nitrogens is 1. The summed E-state index contributed by atoms with van der Waals surface area (Å²) in [4.78, 5) is 18.8. The van der Waals surface area contributed by atoms with Crippen LogP contribution in [0.25, 0.3) is 10.9 Å². The van der Waals surface area contributed by atoms with Crippen LogP contribution in [0.3, 0.4) is 0 Å². The first-order chi connectivity index (χ1) is 14.3. The number of nitrogens with one attached hydrogen (secondary N) is 1. The van der Waals surface area contributed by atoms with E-state index in [1.165, 1.54) is 17.7 Å². The quantitative estimate of drug-likeness (QED) is 0.548. The second-order valence-corrected chi connectivity index (χ2v) is 8.60. The van der Waals surface area contributed by atoms with Crippen molar-refractivity contribution in [2.45, 2.75) is 52.2 Å². The van der Waals surface area contributed by atoms with Gasteiger partial charge in [-0.3, -0.25) is 0 Å². The van der Waals surface area contributed by atoms with Crippen molar-refractivity contribution in [1.29, 1.82) is 0 Å². The lowest BCUT2D eigenvalue weighted by Crippen LogP contribution is -2.27. The summed E-state index contributed by atoms with van der Waals surface area (Å²) in [5.74, 6) is -0.183. The van der Waals surface area contributed by atoms with Gasteiger partial charge >= 0.3 is 5.97 Å². The number of aryl methyl sites for hydroxylation is 1. The van der Waals surface area contributed by atoms with Crippen LogP contribution < -0.4 is 0 Å². The fourth-order valence-corrected chi connectivity index (χ4v) is 4.41. The molecule has 4 nitrogen and oxygen atoms in total. The number of hydrogen-bond acceptors (Lipinski definition) is 3. The molecule has 1 N–H and O–H groups in total. The zero-order chi connectivity index (χ0) is 21.4. The minimum atomic E-state index is -0.458. The average molecular weight is 409 g/mol. The number of likely N-dealkylation sites (tertiary alicyclic amines) is 1. The van der Waals surface area contributed by atoms with Crippen LogP contribution in [-0.2, 0) is 4.74 Å². The molecule has 0 aliphatic carbocycles. The first kappa shape index (κ1) is 20.6. The van der Waals surface area contributed by atoms with Gasteiger partial charge in [-0.05, 0) is 82.0 Å². The summed E-state index contributed by atoms with van der Waals surface area (Å²) < 4.78 is 18.9. The molecule has 0 saturated carbocycles. The van der Waals surface area contributed by atoms with Crippen molar-refractivity contribution in [1.82, 2.24) is 9.88 Å². The number of nitrogens with zero attached hydrogens (tertiary/aromatic N) is 1. The molecule has 1 aromatic heterocycles. The first-order valence-corrected chi connectivity index (χ1v) is 10.7. The van der Waals surface area contributed by atoms with Crippen molar-refractivity contribution in [3.63, 3.8) is 0 Å². The molecule has 1 aliphatic heterocycles. The minimum Gasteiger partial charge on any atom is -0.454 e. The molecule has 1 fully saturated rings. The highest BCUT2D eigenvalue weighted by Crippen LogP contribution is 2.33. The van der Waals surface area contributed by atoms with Gasteiger partial charge < -0.3 is 14.6 Å². The van der Waals surface area contributed by atoms with Crippen molar-refractivity contribution >= 4 is 16.9 Å². The van der Waals surface area contributed by atoms with E-state index < -0.39 is 6.10 Å². The normalized spacial score (nSPS) is 18.3. The molecule has 0 radical (unpaired) electrons. The molecular weight excluding hydrogens is 379 g/mol. The molecule has 0 bridgehead atoms. The van der Waals surface area contributed by atoms with Crippen LogP contribution in [0.15, 0.2) is 42.5 Å². The highest BCUT2D eigenvalue weighted by molar-refractivity contribution is 6.05. The molecule has 2 aromatic carbocycles. The third kappa shape index (κ3) is 3.99. The average Bonchev–Trinajstić information content (AvgIpc) is 3.32. The summed E-state index contributed by atoms with van der Waals surface area (Å²) in [5, 5.41) is 0.907. The molecular formula is C25H29FN2O2. The maximum absolute atomic E-state index is 13.2. The standard InChI is InChI=1S/C25H29FN2O2/c1-15(2)28-12-11-20(14-28)19-7-10-23-22(13-19)24(16(3)27-23)25(29)30-17(4)18-5-8-21(26)9-6-18/h5-10,13,15,17,20,27H,11-12,14H2,1-4H3/t17-,20?/m0/s1. The summed E-state index contributed by atoms with van der Waals surface area (Å²) in [6, 6.07) is 13.0. The van der Waals surface area contributed by atoms with Crippen LogP contribution in [-0.4, -0.2) is 35.0 Å². The van der Waals surface area contributed by atoms with Crippen molar-refractivity contribution in [2.24, 2.45) is 0 Å². The molecule has 4 rings (SSSR count). The number of aromatic nitrogens is 1. The Balaban J connectivity index is 1.59. The van der Waals surface area contributed by atoms with Crippen molar-refractivity contribution < 1.29 is 13.9 Å². The maximum atomic E-state index is 13.2. The van der Waals surface area contributed by atoms with E-state index in [2.05, 4.69) is 41.9 Å². The number of benzene rings is 2. The third-order valence-electron chi connectivity index (χ3n) is 6.26. The molecule has 0 amide bonds. The fraction of sp³-hybridized carbons (Fsp3) is 0.400. The number of rotatable bonds is 5. The number of aromatic amines is 1.